The highest BCUT2D eigenvalue weighted by Gasteiger charge is 2.02. The van der Waals surface area contributed by atoms with Gasteiger partial charge in [0.15, 0.2) is 0 Å². The number of hydrogen-bond acceptors (Lipinski definition) is 2. The first-order chi connectivity index (χ1) is 6.74. The highest BCUT2D eigenvalue weighted by molar-refractivity contribution is 5.29. The van der Waals surface area contributed by atoms with Crippen molar-refractivity contribution in [1.82, 2.24) is 4.98 Å². The number of ether oxygens (including phenoxy) is 1. The first kappa shape index (κ1) is 11.0. The van der Waals surface area contributed by atoms with Crippen molar-refractivity contribution in [3.05, 3.63) is 24.0 Å². The topological polar surface area (TPSA) is 22.1 Å². The van der Waals surface area contributed by atoms with Gasteiger partial charge in [0.2, 0.25) is 0 Å². The van der Waals surface area contributed by atoms with Crippen molar-refractivity contribution in [3.8, 4) is 5.75 Å². The van der Waals surface area contributed by atoms with Crippen molar-refractivity contribution in [2.24, 2.45) is 5.92 Å². The molecule has 0 N–H and O–H groups in total. The van der Waals surface area contributed by atoms with Crippen LogP contribution >= 0.6 is 0 Å². The molecule has 0 aliphatic rings. The highest BCUT2D eigenvalue weighted by atomic mass is 16.5. The van der Waals surface area contributed by atoms with Crippen LogP contribution in [0.15, 0.2) is 18.5 Å². The smallest absolute Gasteiger partial charge is 0.125 e. The van der Waals surface area contributed by atoms with Gasteiger partial charge in [0.05, 0.1) is 7.11 Å². The van der Waals surface area contributed by atoms with Crippen molar-refractivity contribution in [3.63, 3.8) is 0 Å². The molecule has 0 radical (unpaired) electrons. The van der Waals surface area contributed by atoms with Crippen molar-refractivity contribution < 1.29 is 4.74 Å². The van der Waals surface area contributed by atoms with Crippen LogP contribution in [-0.4, -0.2) is 12.1 Å². The quantitative estimate of drug-likeness (QED) is 0.717. The number of aryl methyl sites for hydroxylation is 1. The van der Waals surface area contributed by atoms with Crippen LogP contribution < -0.4 is 4.74 Å². The zero-order valence-electron chi connectivity index (χ0n) is 9.29. The van der Waals surface area contributed by atoms with Crippen molar-refractivity contribution in [2.75, 3.05) is 7.11 Å². The van der Waals surface area contributed by atoms with Crippen molar-refractivity contribution in [2.45, 2.75) is 33.1 Å². The molecule has 0 aliphatic heterocycles. The van der Waals surface area contributed by atoms with E-state index in [1.54, 1.807) is 13.3 Å². The summed E-state index contributed by atoms with van der Waals surface area (Å²) in [4.78, 5) is 4.11. The molecule has 0 aliphatic carbocycles. The van der Waals surface area contributed by atoms with E-state index in [9.17, 15) is 0 Å². The van der Waals surface area contributed by atoms with E-state index in [0.29, 0.717) is 0 Å². The Labute approximate surface area is 86.3 Å². The fourth-order valence-corrected chi connectivity index (χ4v) is 1.50. The molecule has 1 aromatic rings. The first-order valence-electron chi connectivity index (χ1n) is 5.21. The van der Waals surface area contributed by atoms with Gasteiger partial charge in [-0.2, -0.15) is 0 Å². The van der Waals surface area contributed by atoms with Gasteiger partial charge in [0.25, 0.3) is 0 Å². The Hall–Kier alpha value is -1.05. The van der Waals surface area contributed by atoms with Crippen LogP contribution in [0.1, 0.15) is 32.3 Å². The van der Waals surface area contributed by atoms with E-state index in [1.165, 1.54) is 18.4 Å². The second-order valence-corrected chi connectivity index (χ2v) is 3.97. The minimum Gasteiger partial charge on any atom is -0.496 e. The molecule has 0 saturated heterocycles. The van der Waals surface area contributed by atoms with Gasteiger partial charge in [0.1, 0.15) is 5.75 Å². The Morgan fingerprint density at radius 1 is 1.43 bits per heavy atom. The minimum atomic E-state index is 0.776. The van der Waals surface area contributed by atoms with Crippen molar-refractivity contribution >= 4 is 0 Å². The van der Waals surface area contributed by atoms with Gasteiger partial charge >= 0.3 is 0 Å². The summed E-state index contributed by atoms with van der Waals surface area (Å²) in [7, 11) is 1.71. The van der Waals surface area contributed by atoms with Gasteiger partial charge in [-0.15, -0.1) is 0 Å². The third-order valence-electron chi connectivity index (χ3n) is 2.31. The average molecular weight is 193 g/mol. The van der Waals surface area contributed by atoms with E-state index in [-0.39, 0.29) is 0 Å². The Kier molecular flexibility index (Phi) is 4.44. The van der Waals surface area contributed by atoms with Gasteiger partial charge in [-0.25, -0.2) is 0 Å². The zero-order valence-corrected chi connectivity index (χ0v) is 9.29. The minimum absolute atomic E-state index is 0.776. The Bertz CT molecular complexity index is 271. The summed E-state index contributed by atoms with van der Waals surface area (Å²) in [5.41, 5.74) is 1.22. The average Bonchev–Trinajstić information content (AvgIpc) is 2.18. The summed E-state index contributed by atoms with van der Waals surface area (Å²) in [6.45, 7) is 4.50. The number of nitrogens with zero attached hydrogens (tertiary/aromatic N) is 1. The summed E-state index contributed by atoms with van der Waals surface area (Å²) in [6, 6.07) is 1.92. The molecule has 14 heavy (non-hydrogen) atoms. The normalized spacial score (nSPS) is 10.6. The molecule has 0 atom stereocenters. The molecule has 0 amide bonds. The van der Waals surface area contributed by atoms with Gasteiger partial charge < -0.3 is 4.74 Å². The number of hydrogen-bond donors (Lipinski definition) is 0. The predicted octanol–water partition coefficient (Wildman–Crippen LogP) is 3.07. The van der Waals surface area contributed by atoms with Crippen molar-refractivity contribution in [1.29, 1.82) is 0 Å². The molecule has 0 fully saturated rings. The van der Waals surface area contributed by atoms with E-state index >= 15 is 0 Å². The molecule has 78 valence electrons. The molecule has 0 bridgehead atoms. The second-order valence-electron chi connectivity index (χ2n) is 3.97. The third kappa shape index (κ3) is 3.36. The monoisotopic (exact) mass is 193 g/mol. The molecule has 1 rings (SSSR count). The molecular weight excluding hydrogens is 174 g/mol. The second kappa shape index (κ2) is 5.63. The summed E-state index contributed by atoms with van der Waals surface area (Å²) in [5.74, 6) is 1.74. The first-order valence-corrected chi connectivity index (χ1v) is 5.21. The van der Waals surface area contributed by atoms with E-state index in [2.05, 4.69) is 18.8 Å². The molecule has 0 saturated carbocycles. The molecule has 2 nitrogen and oxygen atoms in total. The van der Waals surface area contributed by atoms with Gasteiger partial charge in [-0.3, -0.25) is 4.98 Å². The SMILES string of the molecule is COc1ccncc1CCCC(C)C. The lowest BCUT2D eigenvalue weighted by atomic mass is 10.0. The molecular formula is C12H19NO. The Balaban J connectivity index is 2.49. The van der Waals surface area contributed by atoms with Crippen LogP contribution in [0.5, 0.6) is 5.75 Å². The maximum Gasteiger partial charge on any atom is 0.125 e. The largest absolute Gasteiger partial charge is 0.496 e. The van der Waals surface area contributed by atoms with Crippen LogP contribution in [0, 0.1) is 5.92 Å². The summed E-state index contributed by atoms with van der Waals surface area (Å²) < 4.78 is 5.26. The van der Waals surface area contributed by atoms with Crippen LogP contribution in [-0.2, 0) is 6.42 Å². The standard InChI is InChI=1S/C12H19NO/c1-10(2)5-4-6-11-9-13-8-7-12(11)14-3/h7-10H,4-6H2,1-3H3. The molecule has 0 unspecified atom stereocenters. The fourth-order valence-electron chi connectivity index (χ4n) is 1.50. The lowest BCUT2D eigenvalue weighted by Gasteiger charge is -2.08. The van der Waals surface area contributed by atoms with E-state index < -0.39 is 0 Å². The van der Waals surface area contributed by atoms with Crippen LogP contribution in [0.4, 0.5) is 0 Å². The summed E-state index contributed by atoms with van der Waals surface area (Å²) in [5, 5.41) is 0. The molecule has 1 aromatic heterocycles. The van der Waals surface area contributed by atoms with Crippen LogP contribution in [0.3, 0.4) is 0 Å². The summed E-state index contributed by atoms with van der Waals surface area (Å²) in [6.07, 6.45) is 7.21. The fraction of sp³-hybridized carbons (Fsp3) is 0.583. The Morgan fingerprint density at radius 3 is 2.86 bits per heavy atom. The predicted molar refractivity (Wildman–Crippen MR) is 58.6 cm³/mol. The van der Waals surface area contributed by atoms with E-state index in [4.69, 9.17) is 4.74 Å². The molecule has 2 heteroatoms. The van der Waals surface area contributed by atoms with Gasteiger partial charge in [-0.05, 0) is 24.8 Å². The molecule has 0 spiro atoms. The zero-order chi connectivity index (χ0) is 10.4. The maximum atomic E-state index is 5.26. The van der Waals surface area contributed by atoms with E-state index in [0.717, 1.165) is 18.1 Å². The molecule has 0 aromatic carbocycles. The lowest BCUT2D eigenvalue weighted by molar-refractivity contribution is 0.407. The number of methoxy groups -OCH3 is 1. The van der Waals surface area contributed by atoms with Gasteiger partial charge in [0, 0.05) is 18.0 Å². The lowest BCUT2D eigenvalue weighted by Crippen LogP contribution is -1.95. The van der Waals surface area contributed by atoms with Gasteiger partial charge in [-0.1, -0.05) is 20.3 Å². The van der Waals surface area contributed by atoms with Crippen LogP contribution in [0.25, 0.3) is 0 Å². The number of aromatic nitrogens is 1. The summed E-state index contributed by atoms with van der Waals surface area (Å²) >= 11 is 0. The highest BCUT2D eigenvalue weighted by Crippen LogP contribution is 2.19. The number of pyridine rings is 1. The Morgan fingerprint density at radius 2 is 2.21 bits per heavy atom. The maximum absolute atomic E-state index is 5.26. The third-order valence-corrected chi connectivity index (χ3v) is 2.31. The van der Waals surface area contributed by atoms with E-state index in [1.807, 2.05) is 12.3 Å². The van der Waals surface area contributed by atoms with Crippen LogP contribution in [0.2, 0.25) is 0 Å². The number of rotatable bonds is 5. The molecule has 1 heterocycles.